The second kappa shape index (κ2) is 10.3. The smallest absolute Gasteiger partial charge is 0.248 e. The molecule has 6 heteroatoms. The molecule has 30 heavy (non-hydrogen) atoms. The number of nitrogens with one attached hydrogen (secondary N) is 1. The van der Waals surface area contributed by atoms with Gasteiger partial charge in [0.15, 0.2) is 11.5 Å². The Balaban J connectivity index is 1.64. The number of aryl methyl sites for hydroxylation is 1. The number of amides is 1. The number of anilines is 1. The molecule has 0 heterocycles. The Morgan fingerprint density at radius 3 is 2.53 bits per heavy atom. The second-order valence-electron chi connectivity index (χ2n) is 6.63. The van der Waals surface area contributed by atoms with Crippen LogP contribution in [0.3, 0.4) is 0 Å². The van der Waals surface area contributed by atoms with Crippen LogP contribution in [0, 0.1) is 6.92 Å². The minimum atomic E-state index is -0.221. The number of carbonyl (C=O) groups is 1. The van der Waals surface area contributed by atoms with Crippen LogP contribution in [0.1, 0.15) is 16.7 Å². The van der Waals surface area contributed by atoms with Gasteiger partial charge in [-0.25, -0.2) is 0 Å². The molecule has 0 atom stereocenters. The molecule has 0 radical (unpaired) electrons. The number of ether oxygens (including phenoxy) is 2. The second-order valence-corrected chi connectivity index (χ2v) is 7.92. The van der Waals surface area contributed by atoms with E-state index < -0.39 is 0 Å². The van der Waals surface area contributed by atoms with Crippen LogP contribution in [0.2, 0.25) is 5.02 Å². The number of rotatable bonds is 7. The van der Waals surface area contributed by atoms with Crippen molar-refractivity contribution in [2.24, 2.45) is 0 Å². The summed E-state index contributed by atoms with van der Waals surface area (Å²) in [5.74, 6) is 0.993. The Hall–Kier alpha value is -2.76. The minimum absolute atomic E-state index is 0.221. The van der Waals surface area contributed by atoms with Gasteiger partial charge in [-0.1, -0.05) is 35.9 Å². The summed E-state index contributed by atoms with van der Waals surface area (Å²) in [6.07, 6.45) is 3.21. The van der Waals surface area contributed by atoms with Crippen LogP contribution >= 0.6 is 27.5 Å². The average molecular weight is 487 g/mol. The largest absolute Gasteiger partial charge is 0.493 e. The first-order valence-electron chi connectivity index (χ1n) is 9.25. The van der Waals surface area contributed by atoms with E-state index in [1.807, 2.05) is 67.6 Å². The van der Waals surface area contributed by atoms with Crippen molar-refractivity contribution < 1.29 is 14.3 Å². The van der Waals surface area contributed by atoms with Gasteiger partial charge in [-0.3, -0.25) is 4.79 Å². The normalized spacial score (nSPS) is 10.8. The topological polar surface area (TPSA) is 47.6 Å². The first-order valence-corrected chi connectivity index (χ1v) is 10.4. The maximum absolute atomic E-state index is 12.2. The van der Waals surface area contributed by atoms with Gasteiger partial charge in [-0.15, -0.1) is 0 Å². The third-order valence-corrected chi connectivity index (χ3v) is 5.21. The summed E-state index contributed by atoms with van der Waals surface area (Å²) in [4.78, 5) is 12.2. The summed E-state index contributed by atoms with van der Waals surface area (Å²) >= 11 is 9.36. The molecule has 0 aliphatic carbocycles. The van der Waals surface area contributed by atoms with Crippen molar-refractivity contribution >= 4 is 45.2 Å². The van der Waals surface area contributed by atoms with Gasteiger partial charge in [0.1, 0.15) is 6.61 Å². The lowest BCUT2D eigenvalue weighted by Crippen LogP contribution is -2.08. The van der Waals surface area contributed by atoms with E-state index >= 15 is 0 Å². The van der Waals surface area contributed by atoms with E-state index in [1.165, 1.54) is 6.08 Å². The van der Waals surface area contributed by atoms with Gasteiger partial charge in [-0.2, -0.15) is 0 Å². The van der Waals surface area contributed by atoms with Crippen molar-refractivity contribution in [2.45, 2.75) is 13.5 Å². The molecular formula is C24H21BrClNO3. The predicted molar refractivity (Wildman–Crippen MR) is 125 cm³/mol. The maximum Gasteiger partial charge on any atom is 0.248 e. The zero-order chi connectivity index (χ0) is 21.5. The Morgan fingerprint density at radius 2 is 1.83 bits per heavy atom. The van der Waals surface area contributed by atoms with Crippen molar-refractivity contribution in [2.75, 3.05) is 12.4 Å². The molecule has 0 spiro atoms. The van der Waals surface area contributed by atoms with Gasteiger partial charge in [-0.05, 0) is 82.0 Å². The van der Waals surface area contributed by atoms with Gasteiger partial charge < -0.3 is 14.8 Å². The summed E-state index contributed by atoms with van der Waals surface area (Å²) in [5, 5.41) is 3.54. The highest BCUT2D eigenvalue weighted by molar-refractivity contribution is 9.10. The zero-order valence-electron chi connectivity index (χ0n) is 16.6. The van der Waals surface area contributed by atoms with E-state index in [9.17, 15) is 4.79 Å². The monoisotopic (exact) mass is 485 g/mol. The Kier molecular flexibility index (Phi) is 7.55. The molecule has 0 saturated carbocycles. The van der Waals surface area contributed by atoms with E-state index in [2.05, 4.69) is 21.2 Å². The van der Waals surface area contributed by atoms with Crippen LogP contribution < -0.4 is 14.8 Å². The van der Waals surface area contributed by atoms with Gasteiger partial charge in [0.25, 0.3) is 0 Å². The molecule has 1 amide bonds. The van der Waals surface area contributed by atoms with Crippen LogP contribution in [0.25, 0.3) is 6.08 Å². The van der Waals surface area contributed by atoms with Crippen LogP contribution in [-0.4, -0.2) is 13.0 Å². The molecular weight excluding hydrogens is 466 g/mol. The van der Waals surface area contributed by atoms with Crippen molar-refractivity contribution in [3.8, 4) is 11.5 Å². The highest BCUT2D eigenvalue weighted by Crippen LogP contribution is 2.29. The summed E-state index contributed by atoms with van der Waals surface area (Å²) < 4.78 is 12.1. The molecule has 0 fully saturated rings. The summed E-state index contributed by atoms with van der Waals surface area (Å²) in [6, 6.07) is 18.7. The number of halogens is 2. The lowest BCUT2D eigenvalue weighted by atomic mass is 10.2. The Morgan fingerprint density at radius 1 is 1.07 bits per heavy atom. The molecule has 0 aliphatic rings. The number of benzene rings is 3. The average Bonchev–Trinajstić information content (AvgIpc) is 2.74. The first-order chi connectivity index (χ1) is 14.4. The molecule has 3 rings (SSSR count). The van der Waals surface area contributed by atoms with Gasteiger partial charge in [0.2, 0.25) is 5.91 Å². The number of carbonyl (C=O) groups excluding carboxylic acids is 1. The SMILES string of the molecule is COc1cc(C=CC(=O)Nc2ccc(C)cc2Br)ccc1OCc1ccc(Cl)cc1. The fourth-order valence-corrected chi connectivity index (χ4v) is 3.43. The van der Waals surface area contributed by atoms with Crippen LogP contribution in [0.15, 0.2) is 71.2 Å². The van der Waals surface area contributed by atoms with Crippen LogP contribution in [0.5, 0.6) is 11.5 Å². The molecule has 0 aromatic heterocycles. The molecule has 0 unspecified atom stereocenters. The van der Waals surface area contributed by atoms with Crippen molar-refractivity contribution in [3.63, 3.8) is 0 Å². The molecule has 0 bridgehead atoms. The standard InChI is InChI=1S/C24H21BrClNO3/c1-16-3-10-21(20(25)13-16)27-24(28)12-7-17-6-11-22(23(14-17)29-2)30-15-18-4-8-19(26)9-5-18/h3-14H,15H2,1-2H3,(H,27,28). The maximum atomic E-state index is 12.2. The molecule has 154 valence electrons. The van der Waals surface area contributed by atoms with Gasteiger partial charge in [0, 0.05) is 15.6 Å². The van der Waals surface area contributed by atoms with Crippen LogP contribution in [0.4, 0.5) is 5.69 Å². The highest BCUT2D eigenvalue weighted by atomic mass is 79.9. The van der Waals surface area contributed by atoms with E-state index in [0.29, 0.717) is 23.1 Å². The predicted octanol–water partition coefficient (Wildman–Crippen LogP) is 6.65. The van der Waals surface area contributed by atoms with Gasteiger partial charge in [0.05, 0.1) is 12.8 Å². The zero-order valence-corrected chi connectivity index (χ0v) is 19.0. The number of hydrogen-bond acceptors (Lipinski definition) is 3. The molecule has 1 N–H and O–H groups in total. The Labute approximate surface area is 189 Å². The van der Waals surface area contributed by atoms with E-state index in [4.69, 9.17) is 21.1 Å². The Bertz CT molecular complexity index is 1060. The first kappa shape index (κ1) is 21.9. The number of hydrogen-bond donors (Lipinski definition) is 1. The van der Waals surface area contributed by atoms with Crippen LogP contribution in [-0.2, 0) is 11.4 Å². The highest BCUT2D eigenvalue weighted by Gasteiger charge is 2.07. The van der Waals surface area contributed by atoms with Gasteiger partial charge >= 0.3 is 0 Å². The van der Waals surface area contributed by atoms with Crippen molar-refractivity contribution in [1.82, 2.24) is 0 Å². The third kappa shape index (κ3) is 6.12. The molecule has 0 saturated heterocycles. The minimum Gasteiger partial charge on any atom is -0.493 e. The summed E-state index contributed by atoms with van der Waals surface area (Å²) in [6.45, 7) is 2.39. The quantitative estimate of drug-likeness (QED) is 0.380. The fraction of sp³-hybridized carbons (Fsp3) is 0.125. The van der Waals surface area contributed by atoms with E-state index in [-0.39, 0.29) is 5.91 Å². The fourth-order valence-electron chi connectivity index (χ4n) is 2.72. The molecule has 0 aliphatic heterocycles. The van der Waals surface area contributed by atoms with Crippen molar-refractivity contribution in [3.05, 3.63) is 92.9 Å². The van der Waals surface area contributed by atoms with E-state index in [0.717, 1.165) is 26.9 Å². The molecule has 4 nitrogen and oxygen atoms in total. The van der Waals surface area contributed by atoms with E-state index in [1.54, 1.807) is 13.2 Å². The van der Waals surface area contributed by atoms with Crippen molar-refractivity contribution in [1.29, 1.82) is 0 Å². The lowest BCUT2D eigenvalue weighted by Gasteiger charge is -2.11. The number of methoxy groups -OCH3 is 1. The molecule has 3 aromatic rings. The summed E-state index contributed by atoms with van der Waals surface area (Å²) in [5.41, 5.74) is 3.66. The summed E-state index contributed by atoms with van der Waals surface area (Å²) in [7, 11) is 1.58. The lowest BCUT2D eigenvalue weighted by molar-refractivity contribution is -0.111. The third-order valence-electron chi connectivity index (χ3n) is 4.30. The molecule has 3 aromatic carbocycles.